The largest absolute Gasteiger partial charge is 0.324 e. The molecule has 0 aliphatic heterocycles. The van der Waals surface area contributed by atoms with Crippen LogP contribution in [0.3, 0.4) is 0 Å². The maximum Gasteiger partial charge on any atom is 0.287 e. The summed E-state index contributed by atoms with van der Waals surface area (Å²) in [6.45, 7) is 1.28. The minimum Gasteiger partial charge on any atom is -0.324 e. The summed E-state index contributed by atoms with van der Waals surface area (Å²) in [5.74, 6) is -0.594. The van der Waals surface area contributed by atoms with Gasteiger partial charge in [-0.05, 0) is 36.2 Å². The molecule has 0 atom stereocenters. The van der Waals surface area contributed by atoms with Crippen LogP contribution in [0.15, 0.2) is 58.6 Å². The third-order valence-corrected chi connectivity index (χ3v) is 6.48. The average molecular weight is 482 g/mol. The highest BCUT2D eigenvalue weighted by Gasteiger charge is 2.18. The Balaban J connectivity index is 1.75. The van der Waals surface area contributed by atoms with Crippen molar-refractivity contribution in [3.05, 3.63) is 80.4 Å². The van der Waals surface area contributed by atoms with Crippen molar-refractivity contribution in [2.24, 2.45) is 0 Å². The highest BCUT2D eigenvalue weighted by Crippen LogP contribution is 2.21. The van der Waals surface area contributed by atoms with E-state index in [9.17, 15) is 18.0 Å². The summed E-state index contributed by atoms with van der Waals surface area (Å²) in [6, 6.07) is 7.91. The van der Waals surface area contributed by atoms with E-state index in [4.69, 9.17) is 23.2 Å². The lowest BCUT2D eigenvalue weighted by Gasteiger charge is -2.12. The number of amides is 1. The second-order valence-electron chi connectivity index (χ2n) is 6.48. The minimum absolute atomic E-state index is 0.0130. The lowest BCUT2D eigenvalue weighted by Crippen LogP contribution is -2.30. The number of carbonyl (C=O) groups excluding carboxylic acids is 1. The number of carbonyl (C=O) groups is 1. The Labute approximate surface area is 188 Å². The molecule has 2 aromatic heterocycles. The van der Waals surface area contributed by atoms with Gasteiger partial charge in [-0.25, -0.2) is 17.8 Å². The van der Waals surface area contributed by atoms with Gasteiger partial charge in [0.25, 0.3) is 5.56 Å². The fourth-order valence-corrected chi connectivity index (χ4v) is 4.18. The molecule has 12 heteroatoms. The van der Waals surface area contributed by atoms with Crippen LogP contribution in [-0.4, -0.2) is 29.1 Å². The number of aromatic nitrogens is 3. The second-order valence-corrected chi connectivity index (χ2v) is 9.00. The summed E-state index contributed by atoms with van der Waals surface area (Å²) in [7, 11) is -3.85. The Morgan fingerprint density at radius 3 is 2.68 bits per heavy atom. The van der Waals surface area contributed by atoms with Gasteiger partial charge >= 0.3 is 0 Å². The third kappa shape index (κ3) is 5.67. The molecule has 1 aromatic carbocycles. The Morgan fingerprint density at radius 1 is 1.19 bits per heavy atom. The maximum atomic E-state index is 12.7. The number of hydrogen-bond acceptors (Lipinski definition) is 6. The van der Waals surface area contributed by atoms with Gasteiger partial charge in [0.1, 0.15) is 11.6 Å². The number of benzene rings is 1. The molecule has 31 heavy (non-hydrogen) atoms. The van der Waals surface area contributed by atoms with E-state index >= 15 is 0 Å². The Morgan fingerprint density at radius 2 is 1.97 bits per heavy atom. The highest BCUT2D eigenvalue weighted by atomic mass is 35.5. The standard InChI is InChI=1S/C19H17Cl2N5O4S/c1-12-4-5-14(25-17(27)11-26-19(28)18(21)15(20)10-23-26)7-16(12)31(29,30)24-9-13-3-2-6-22-8-13/h2-8,10,24H,9,11H2,1H3,(H,25,27). The van der Waals surface area contributed by atoms with E-state index in [1.165, 1.54) is 6.07 Å². The number of hydrogen-bond donors (Lipinski definition) is 2. The molecule has 0 saturated carbocycles. The number of nitrogens with one attached hydrogen (secondary N) is 2. The molecule has 0 spiro atoms. The number of sulfonamides is 1. The molecule has 2 N–H and O–H groups in total. The number of nitrogens with zero attached hydrogens (tertiary/aromatic N) is 3. The summed E-state index contributed by atoms with van der Waals surface area (Å²) < 4.78 is 28.8. The predicted octanol–water partition coefficient (Wildman–Crippen LogP) is 2.37. The molecular weight excluding hydrogens is 465 g/mol. The van der Waals surface area contributed by atoms with Crippen LogP contribution in [0.5, 0.6) is 0 Å². The van der Waals surface area contributed by atoms with Crippen LogP contribution in [0.2, 0.25) is 10.0 Å². The number of pyridine rings is 1. The Bertz CT molecular complexity index is 1280. The van der Waals surface area contributed by atoms with Crippen LogP contribution in [0.1, 0.15) is 11.1 Å². The predicted molar refractivity (Wildman–Crippen MR) is 117 cm³/mol. The van der Waals surface area contributed by atoms with Crippen molar-refractivity contribution in [1.82, 2.24) is 19.5 Å². The first-order chi connectivity index (χ1) is 14.7. The fraction of sp³-hybridized carbons (Fsp3) is 0.158. The number of anilines is 1. The van der Waals surface area contributed by atoms with Gasteiger partial charge in [0.2, 0.25) is 15.9 Å². The first kappa shape index (κ1) is 22.9. The van der Waals surface area contributed by atoms with Gasteiger partial charge in [-0.15, -0.1) is 0 Å². The van der Waals surface area contributed by atoms with Gasteiger partial charge in [0.15, 0.2) is 0 Å². The van der Waals surface area contributed by atoms with E-state index in [2.05, 4.69) is 20.1 Å². The molecule has 1 amide bonds. The molecular formula is C19H17Cl2N5O4S. The lowest BCUT2D eigenvalue weighted by molar-refractivity contribution is -0.117. The molecule has 162 valence electrons. The highest BCUT2D eigenvalue weighted by molar-refractivity contribution is 7.89. The molecule has 0 bridgehead atoms. The quantitative estimate of drug-likeness (QED) is 0.533. The zero-order valence-corrected chi connectivity index (χ0v) is 18.5. The van der Waals surface area contributed by atoms with Crippen molar-refractivity contribution in [3.8, 4) is 0 Å². The van der Waals surface area contributed by atoms with Gasteiger partial charge in [-0.1, -0.05) is 35.3 Å². The summed E-state index contributed by atoms with van der Waals surface area (Å²) in [5, 5.41) is 6.05. The first-order valence-corrected chi connectivity index (χ1v) is 11.1. The molecule has 0 aliphatic carbocycles. The van der Waals surface area contributed by atoms with E-state index in [1.807, 2.05) is 0 Å². The minimum atomic E-state index is -3.85. The number of halogens is 2. The third-order valence-electron chi connectivity index (χ3n) is 4.19. The zero-order chi connectivity index (χ0) is 22.6. The van der Waals surface area contributed by atoms with Gasteiger partial charge in [-0.3, -0.25) is 14.6 Å². The molecule has 0 fully saturated rings. The summed E-state index contributed by atoms with van der Waals surface area (Å²) in [4.78, 5) is 28.3. The topological polar surface area (TPSA) is 123 Å². The van der Waals surface area contributed by atoms with Crippen LogP contribution in [0, 0.1) is 6.92 Å². The normalized spacial score (nSPS) is 11.3. The van der Waals surface area contributed by atoms with Crippen LogP contribution in [-0.2, 0) is 27.9 Å². The maximum absolute atomic E-state index is 12.7. The number of rotatable bonds is 7. The Kier molecular flexibility index (Phi) is 7.06. The van der Waals surface area contributed by atoms with Crippen molar-refractivity contribution in [1.29, 1.82) is 0 Å². The van der Waals surface area contributed by atoms with Gasteiger partial charge in [-0.2, -0.15) is 5.10 Å². The molecule has 0 unspecified atom stereocenters. The molecule has 0 saturated heterocycles. The van der Waals surface area contributed by atoms with E-state index in [-0.39, 0.29) is 27.2 Å². The van der Waals surface area contributed by atoms with E-state index < -0.39 is 28.0 Å². The van der Waals surface area contributed by atoms with Crippen molar-refractivity contribution in [3.63, 3.8) is 0 Å². The summed E-state index contributed by atoms with van der Waals surface area (Å²) in [5.41, 5.74) is 0.730. The second kappa shape index (κ2) is 9.56. The van der Waals surface area contributed by atoms with Crippen LogP contribution in [0.25, 0.3) is 0 Å². The van der Waals surface area contributed by atoms with Crippen molar-refractivity contribution in [2.75, 3.05) is 5.32 Å². The van der Waals surface area contributed by atoms with E-state index in [0.29, 0.717) is 11.1 Å². The fourth-order valence-electron chi connectivity index (χ4n) is 2.62. The first-order valence-electron chi connectivity index (χ1n) is 8.87. The van der Waals surface area contributed by atoms with Crippen molar-refractivity contribution < 1.29 is 13.2 Å². The smallest absolute Gasteiger partial charge is 0.287 e. The average Bonchev–Trinajstić information content (AvgIpc) is 2.75. The van der Waals surface area contributed by atoms with E-state index in [0.717, 1.165) is 10.9 Å². The van der Waals surface area contributed by atoms with E-state index in [1.54, 1.807) is 43.6 Å². The molecule has 2 heterocycles. The summed E-state index contributed by atoms with van der Waals surface area (Å²) >= 11 is 11.5. The molecule has 3 aromatic rings. The van der Waals surface area contributed by atoms with Crippen LogP contribution >= 0.6 is 23.2 Å². The van der Waals surface area contributed by atoms with Gasteiger partial charge in [0.05, 0.1) is 16.1 Å². The molecule has 3 rings (SSSR count). The zero-order valence-electron chi connectivity index (χ0n) is 16.2. The van der Waals surface area contributed by atoms with Crippen molar-refractivity contribution >= 4 is 44.8 Å². The van der Waals surface area contributed by atoms with Crippen molar-refractivity contribution in [2.45, 2.75) is 24.9 Å². The SMILES string of the molecule is Cc1ccc(NC(=O)Cn2ncc(Cl)c(Cl)c2=O)cc1S(=O)(=O)NCc1cccnc1. The van der Waals surface area contributed by atoms with Gasteiger partial charge < -0.3 is 5.32 Å². The van der Waals surface area contributed by atoms with Crippen LogP contribution < -0.4 is 15.6 Å². The lowest BCUT2D eigenvalue weighted by atomic mass is 10.2. The monoisotopic (exact) mass is 481 g/mol. The van der Waals surface area contributed by atoms with Crippen LogP contribution in [0.4, 0.5) is 5.69 Å². The molecule has 0 radical (unpaired) electrons. The van der Waals surface area contributed by atoms with Gasteiger partial charge in [0, 0.05) is 24.6 Å². The summed E-state index contributed by atoms with van der Waals surface area (Å²) in [6.07, 6.45) is 4.31. The molecule has 0 aliphatic rings. The number of aryl methyl sites for hydroxylation is 1. The molecule has 9 nitrogen and oxygen atoms in total. The Hall–Kier alpha value is -2.79.